The predicted molar refractivity (Wildman–Crippen MR) is 221 cm³/mol. The topological polar surface area (TPSA) is 73.2 Å². The van der Waals surface area contributed by atoms with Gasteiger partial charge in [-0.1, -0.05) is 48.5 Å². The molecule has 2 aliphatic heterocycles. The van der Waals surface area contributed by atoms with E-state index in [1.54, 1.807) is 48.5 Å². The van der Waals surface area contributed by atoms with E-state index in [0.29, 0.717) is 33.8 Å². The SMILES string of the molecule is Fc1ccc(-c2c3nc(c(-c4ccc(F)cc4)c4ccc([nH]4)c4ccc([nH]4)c(-c4ccc(F)cc4)c4nc(c(-c5ccc(F)cc5)c5ccc2[nH]5)C=C4)C=C3)cc1. The van der Waals surface area contributed by atoms with Crippen molar-refractivity contribution in [2.75, 3.05) is 0 Å². The Labute approximate surface area is 323 Å². The molecule has 0 unspecified atom stereocenters. The largest absolute Gasteiger partial charge is 0.354 e. The maximum absolute atomic E-state index is 14.3. The van der Waals surface area contributed by atoms with Crippen molar-refractivity contribution in [1.82, 2.24) is 24.9 Å². The molecule has 0 amide bonds. The fourth-order valence-electron chi connectivity index (χ4n) is 7.60. The second-order valence-corrected chi connectivity index (χ2v) is 13.8. The van der Waals surface area contributed by atoms with Crippen LogP contribution in [0.2, 0.25) is 0 Å². The Balaban J connectivity index is 1.38. The summed E-state index contributed by atoms with van der Waals surface area (Å²) in [6.07, 6.45) is 7.67. The molecule has 0 saturated heterocycles. The minimum atomic E-state index is -0.371. The molecular weight excluding hydrogens is 723 g/mol. The smallest absolute Gasteiger partial charge is 0.123 e. The number of benzene rings is 4. The monoisotopic (exact) mass is 751 g/mol. The van der Waals surface area contributed by atoms with Gasteiger partial charge in [-0.3, -0.25) is 0 Å². The molecule has 0 radical (unpaired) electrons. The van der Waals surface area contributed by atoms with Crippen molar-refractivity contribution in [3.63, 3.8) is 0 Å². The van der Waals surface area contributed by atoms with Gasteiger partial charge in [-0.05, 0) is 131 Å². The maximum atomic E-state index is 14.3. The second-order valence-electron chi connectivity index (χ2n) is 13.8. The molecule has 274 valence electrons. The van der Waals surface area contributed by atoms with Gasteiger partial charge in [0.1, 0.15) is 23.3 Å². The summed E-state index contributed by atoms with van der Waals surface area (Å²) in [5, 5.41) is 0. The van der Waals surface area contributed by atoms with Gasteiger partial charge in [0.25, 0.3) is 0 Å². The Kier molecular flexibility index (Phi) is 8.14. The highest BCUT2D eigenvalue weighted by Gasteiger charge is 2.18. The van der Waals surface area contributed by atoms with Crippen LogP contribution in [0.1, 0.15) is 22.8 Å². The first-order valence-corrected chi connectivity index (χ1v) is 18.2. The third kappa shape index (κ3) is 6.25. The second kappa shape index (κ2) is 13.6. The Hall–Kier alpha value is -7.52. The number of halogens is 4. The molecule has 5 nitrogen and oxygen atoms in total. The molecule has 10 rings (SSSR count). The van der Waals surface area contributed by atoms with Crippen molar-refractivity contribution in [2.24, 2.45) is 0 Å². The third-order valence-electron chi connectivity index (χ3n) is 10.3. The average Bonchev–Trinajstić information content (AvgIpc) is 4.08. The standard InChI is InChI=1S/C48H29F4N5/c49-31-9-1-27(2-10-31)45-37-19-17-35(53-37)36-18-20-38(54-36)46(28-3-11-32(50)12-4-28)40-22-24-42(56-40)48(30-7-15-34(52)16-8-30)44-26-25-43(57-44)47(41-23-21-39(45)55-41)29-5-13-33(51)14-6-29/h1-26,53-54,57H. The highest BCUT2D eigenvalue weighted by Crippen LogP contribution is 2.38. The van der Waals surface area contributed by atoms with Crippen LogP contribution in [0.4, 0.5) is 17.6 Å². The summed E-state index contributed by atoms with van der Waals surface area (Å²) in [6.45, 7) is 0. The van der Waals surface area contributed by atoms with E-state index in [9.17, 15) is 17.6 Å². The number of aromatic amines is 3. The number of nitrogens with zero attached hydrogens (tertiary/aromatic N) is 2. The normalized spacial score (nSPS) is 12.1. The first kappa shape index (κ1) is 34.0. The average molecular weight is 752 g/mol. The molecule has 0 atom stereocenters. The van der Waals surface area contributed by atoms with Gasteiger partial charge >= 0.3 is 0 Å². The molecule has 9 heteroatoms. The molecule has 57 heavy (non-hydrogen) atoms. The van der Waals surface area contributed by atoms with Crippen molar-refractivity contribution in [3.05, 3.63) is 180 Å². The lowest BCUT2D eigenvalue weighted by Gasteiger charge is -2.06. The maximum Gasteiger partial charge on any atom is 0.123 e. The third-order valence-corrected chi connectivity index (χ3v) is 10.3. The van der Waals surface area contributed by atoms with E-state index < -0.39 is 0 Å². The van der Waals surface area contributed by atoms with E-state index in [1.807, 2.05) is 60.7 Å². The lowest BCUT2D eigenvalue weighted by Crippen LogP contribution is -1.89. The van der Waals surface area contributed by atoms with Gasteiger partial charge < -0.3 is 15.0 Å². The summed E-state index contributed by atoms with van der Waals surface area (Å²) in [5.41, 5.74) is 12.9. The molecular formula is C48H29F4N5. The summed E-state index contributed by atoms with van der Waals surface area (Å²) >= 11 is 0. The molecule has 4 aromatic carbocycles. The fourth-order valence-corrected chi connectivity index (χ4v) is 7.60. The van der Waals surface area contributed by atoms with Crippen molar-refractivity contribution in [1.29, 1.82) is 0 Å². The number of H-pyrrole nitrogens is 3. The van der Waals surface area contributed by atoms with Gasteiger partial charge in [0.05, 0.1) is 33.8 Å². The molecule has 0 fully saturated rings. The highest BCUT2D eigenvalue weighted by molar-refractivity contribution is 5.99. The Morgan fingerprint density at radius 3 is 0.719 bits per heavy atom. The highest BCUT2D eigenvalue weighted by atomic mass is 19.1. The summed E-state index contributed by atoms with van der Waals surface area (Å²) in [6, 6.07) is 36.8. The number of rotatable bonds is 4. The minimum Gasteiger partial charge on any atom is -0.354 e. The zero-order valence-corrected chi connectivity index (χ0v) is 29.9. The van der Waals surface area contributed by atoms with Crippen LogP contribution in [-0.4, -0.2) is 24.9 Å². The molecule has 2 aliphatic rings. The van der Waals surface area contributed by atoms with Gasteiger partial charge in [-0.15, -0.1) is 0 Å². The molecule has 10 bridgehead atoms. The lowest BCUT2D eigenvalue weighted by atomic mass is 10.0. The molecule has 0 spiro atoms. The van der Waals surface area contributed by atoms with E-state index >= 15 is 0 Å². The minimum absolute atomic E-state index is 0.358. The van der Waals surface area contributed by atoms with Crippen LogP contribution >= 0.6 is 0 Å². The number of nitrogens with one attached hydrogen (secondary N) is 3. The van der Waals surface area contributed by atoms with Crippen LogP contribution in [-0.2, 0) is 0 Å². The number of hydrogen-bond acceptors (Lipinski definition) is 2. The zero-order valence-electron chi connectivity index (χ0n) is 29.9. The molecule has 3 N–H and O–H groups in total. The van der Waals surface area contributed by atoms with Crippen LogP contribution in [0.25, 0.3) is 102 Å². The summed E-state index contributed by atoms with van der Waals surface area (Å²) in [7, 11) is 0. The molecule has 8 aromatic rings. The van der Waals surface area contributed by atoms with Crippen LogP contribution < -0.4 is 0 Å². The van der Waals surface area contributed by atoms with Gasteiger partial charge in [0.15, 0.2) is 0 Å². The van der Waals surface area contributed by atoms with Crippen molar-refractivity contribution >= 4 is 57.4 Å². The van der Waals surface area contributed by atoms with Gasteiger partial charge in [0.2, 0.25) is 0 Å². The molecule has 0 saturated carbocycles. The van der Waals surface area contributed by atoms with E-state index in [4.69, 9.17) is 9.97 Å². The van der Waals surface area contributed by atoms with E-state index in [1.165, 1.54) is 48.5 Å². The van der Waals surface area contributed by atoms with Gasteiger partial charge in [-0.2, -0.15) is 0 Å². The van der Waals surface area contributed by atoms with Crippen LogP contribution in [0.3, 0.4) is 0 Å². The lowest BCUT2D eigenvalue weighted by molar-refractivity contribution is 0.627. The summed E-state index contributed by atoms with van der Waals surface area (Å²) in [4.78, 5) is 21.1. The summed E-state index contributed by atoms with van der Waals surface area (Å²) in [5.74, 6) is -1.46. The van der Waals surface area contributed by atoms with Gasteiger partial charge in [0, 0.05) is 44.3 Å². The Morgan fingerprint density at radius 1 is 0.263 bits per heavy atom. The van der Waals surface area contributed by atoms with Crippen LogP contribution in [0, 0.1) is 23.3 Å². The van der Waals surface area contributed by atoms with Crippen molar-refractivity contribution in [3.8, 4) is 44.5 Å². The predicted octanol–water partition coefficient (Wildman–Crippen LogP) is 12.9. The first-order valence-electron chi connectivity index (χ1n) is 18.2. The molecule has 0 aliphatic carbocycles. The quantitative estimate of drug-likeness (QED) is 0.157. The fraction of sp³-hybridized carbons (Fsp3) is 0. The summed E-state index contributed by atoms with van der Waals surface area (Å²) < 4.78 is 57.2. The zero-order chi connectivity index (χ0) is 38.6. The number of fused-ring (bicyclic) bond motifs is 11. The Morgan fingerprint density at radius 2 is 0.474 bits per heavy atom. The molecule has 6 heterocycles. The van der Waals surface area contributed by atoms with E-state index in [-0.39, 0.29) is 23.3 Å². The number of aromatic nitrogens is 5. The number of hydrogen-bond donors (Lipinski definition) is 3. The Bertz CT molecular complexity index is 2920. The van der Waals surface area contributed by atoms with Crippen LogP contribution in [0.5, 0.6) is 0 Å². The van der Waals surface area contributed by atoms with Crippen molar-refractivity contribution in [2.45, 2.75) is 0 Å². The molecule has 4 aromatic heterocycles. The van der Waals surface area contributed by atoms with E-state index in [2.05, 4.69) is 15.0 Å². The van der Waals surface area contributed by atoms with Gasteiger partial charge in [-0.25, -0.2) is 27.5 Å². The van der Waals surface area contributed by atoms with Crippen LogP contribution in [0.15, 0.2) is 133 Å². The first-order chi connectivity index (χ1) is 27.8. The van der Waals surface area contributed by atoms with Crippen molar-refractivity contribution < 1.29 is 17.6 Å². The van der Waals surface area contributed by atoms with E-state index in [0.717, 1.165) is 66.6 Å².